The number of rotatable bonds is 4. The number of phenols is 1. The maximum absolute atomic E-state index is 12.9. The Morgan fingerprint density at radius 1 is 1.08 bits per heavy atom. The van der Waals surface area contributed by atoms with Crippen molar-refractivity contribution in [1.82, 2.24) is 0 Å². The molecule has 0 spiro atoms. The highest BCUT2D eigenvalue weighted by atomic mass is 35.5. The number of amides is 1. The fraction of sp³-hybridized carbons (Fsp3) is 0. The number of nitrogens with zero attached hydrogens (tertiary/aromatic N) is 1. The van der Waals surface area contributed by atoms with Crippen molar-refractivity contribution < 1.29 is 14.3 Å². The van der Waals surface area contributed by atoms with E-state index in [0.717, 1.165) is 0 Å². The maximum Gasteiger partial charge on any atom is 0.255 e. The van der Waals surface area contributed by atoms with Gasteiger partial charge in [-0.3, -0.25) is 9.79 Å². The van der Waals surface area contributed by atoms with Crippen LogP contribution in [0.3, 0.4) is 0 Å². The minimum absolute atomic E-state index is 0.0684. The number of hydrogen-bond acceptors (Lipinski definition) is 3. The molecule has 2 N–H and O–H groups in total. The summed E-state index contributed by atoms with van der Waals surface area (Å²) < 4.78 is 12.9. The lowest BCUT2D eigenvalue weighted by molar-refractivity contribution is 0.102. The number of carbonyl (C=O) groups excluding carboxylic acids is 1. The van der Waals surface area contributed by atoms with Gasteiger partial charge in [-0.1, -0.05) is 17.7 Å². The van der Waals surface area contributed by atoms with Gasteiger partial charge in [-0.15, -0.1) is 0 Å². The highest BCUT2D eigenvalue weighted by Crippen LogP contribution is 2.22. The minimum atomic E-state index is -0.401. The normalized spacial score (nSPS) is 10.8. The van der Waals surface area contributed by atoms with Crippen LogP contribution in [0.4, 0.5) is 15.8 Å². The molecule has 4 nitrogen and oxygen atoms in total. The average molecular weight is 369 g/mol. The highest BCUT2D eigenvalue weighted by Gasteiger charge is 2.06. The van der Waals surface area contributed by atoms with Gasteiger partial charge in [-0.05, 0) is 60.7 Å². The molecule has 3 aromatic carbocycles. The minimum Gasteiger partial charge on any atom is -0.507 e. The molecule has 3 rings (SSSR count). The van der Waals surface area contributed by atoms with Crippen LogP contribution in [-0.2, 0) is 0 Å². The quantitative estimate of drug-likeness (QED) is 0.623. The second-order valence-electron chi connectivity index (χ2n) is 5.47. The third-order valence-electron chi connectivity index (χ3n) is 3.55. The van der Waals surface area contributed by atoms with E-state index in [2.05, 4.69) is 10.3 Å². The molecule has 0 unspecified atom stereocenters. The third-order valence-corrected chi connectivity index (χ3v) is 3.79. The molecule has 0 atom stereocenters. The molecule has 130 valence electrons. The molecule has 0 aliphatic heterocycles. The van der Waals surface area contributed by atoms with Gasteiger partial charge in [0.05, 0.1) is 5.69 Å². The van der Waals surface area contributed by atoms with Crippen molar-refractivity contribution in [2.75, 3.05) is 5.32 Å². The third kappa shape index (κ3) is 4.46. The molecule has 0 aliphatic rings. The van der Waals surface area contributed by atoms with E-state index in [-0.39, 0.29) is 11.7 Å². The molecule has 0 bridgehead atoms. The van der Waals surface area contributed by atoms with E-state index < -0.39 is 5.82 Å². The Kier molecular flexibility index (Phi) is 5.29. The van der Waals surface area contributed by atoms with Gasteiger partial charge in [0.25, 0.3) is 5.91 Å². The predicted octanol–water partition coefficient (Wildman–Crippen LogP) is 5.19. The molecule has 0 aliphatic carbocycles. The van der Waals surface area contributed by atoms with Crippen LogP contribution < -0.4 is 5.32 Å². The van der Waals surface area contributed by atoms with Crippen molar-refractivity contribution in [3.05, 3.63) is 88.7 Å². The van der Waals surface area contributed by atoms with Crippen LogP contribution in [0.25, 0.3) is 0 Å². The van der Waals surface area contributed by atoms with E-state index >= 15 is 0 Å². The van der Waals surface area contributed by atoms with Gasteiger partial charge in [0.1, 0.15) is 11.6 Å². The van der Waals surface area contributed by atoms with Crippen molar-refractivity contribution in [3.8, 4) is 5.75 Å². The number of anilines is 1. The Labute approximate surface area is 154 Å². The van der Waals surface area contributed by atoms with Gasteiger partial charge >= 0.3 is 0 Å². The molecule has 26 heavy (non-hydrogen) atoms. The standard InChI is InChI=1S/C20H14ClFN2O2/c21-15-6-9-19(25)14(10-15)12-23-17-2-1-3-18(11-17)24-20(26)13-4-7-16(22)8-5-13/h1-12,25H,(H,24,26). The molecular weight excluding hydrogens is 355 g/mol. The molecule has 0 radical (unpaired) electrons. The number of nitrogens with one attached hydrogen (secondary N) is 1. The van der Waals surface area contributed by atoms with Gasteiger partial charge in [0.15, 0.2) is 0 Å². The fourth-order valence-corrected chi connectivity index (χ4v) is 2.42. The molecular formula is C20H14ClFN2O2. The molecule has 3 aromatic rings. The summed E-state index contributed by atoms with van der Waals surface area (Å²) >= 11 is 5.91. The molecule has 0 saturated heterocycles. The summed E-state index contributed by atoms with van der Waals surface area (Å²) in [6.07, 6.45) is 1.49. The first-order valence-corrected chi connectivity index (χ1v) is 8.08. The predicted molar refractivity (Wildman–Crippen MR) is 101 cm³/mol. The van der Waals surface area contributed by atoms with E-state index in [1.54, 1.807) is 36.4 Å². The summed E-state index contributed by atoms with van der Waals surface area (Å²) in [4.78, 5) is 16.5. The average Bonchev–Trinajstić information content (AvgIpc) is 2.63. The van der Waals surface area contributed by atoms with Gasteiger partial charge in [0, 0.05) is 28.1 Å². The molecule has 1 amide bonds. The van der Waals surface area contributed by atoms with Crippen molar-refractivity contribution >= 4 is 35.1 Å². The number of phenolic OH excluding ortho intramolecular Hbond substituents is 1. The maximum atomic E-state index is 12.9. The SMILES string of the molecule is O=C(Nc1cccc(N=Cc2cc(Cl)ccc2O)c1)c1ccc(F)cc1. The van der Waals surface area contributed by atoms with Gasteiger partial charge in [0.2, 0.25) is 0 Å². The van der Waals surface area contributed by atoms with Crippen LogP contribution in [0.2, 0.25) is 5.02 Å². The van der Waals surface area contributed by atoms with Crippen molar-refractivity contribution in [1.29, 1.82) is 0 Å². The number of aliphatic imine (C=N–C) groups is 1. The van der Waals surface area contributed by atoms with Crippen LogP contribution in [-0.4, -0.2) is 17.2 Å². The summed E-state index contributed by atoms with van der Waals surface area (Å²) in [6, 6.07) is 16.8. The molecule has 0 heterocycles. The number of benzene rings is 3. The van der Waals surface area contributed by atoms with Gasteiger partial charge in [-0.25, -0.2) is 4.39 Å². The number of carbonyl (C=O) groups is 1. The zero-order chi connectivity index (χ0) is 18.5. The Morgan fingerprint density at radius 2 is 1.85 bits per heavy atom. The van der Waals surface area contributed by atoms with Gasteiger partial charge in [-0.2, -0.15) is 0 Å². The second kappa shape index (κ2) is 7.80. The van der Waals surface area contributed by atoms with Crippen LogP contribution in [0.5, 0.6) is 5.75 Å². The lowest BCUT2D eigenvalue weighted by Gasteiger charge is -2.06. The Hall–Kier alpha value is -3.18. The lowest BCUT2D eigenvalue weighted by Crippen LogP contribution is -2.11. The first kappa shape index (κ1) is 17.6. The molecule has 0 fully saturated rings. The van der Waals surface area contributed by atoms with Crippen LogP contribution in [0.15, 0.2) is 71.7 Å². The molecule has 0 saturated carbocycles. The Bertz CT molecular complexity index is 972. The smallest absolute Gasteiger partial charge is 0.255 e. The van der Waals surface area contributed by atoms with E-state index in [1.165, 1.54) is 36.5 Å². The first-order chi connectivity index (χ1) is 12.5. The molecule has 0 aromatic heterocycles. The zero-order valence-electron chi connectivity index (χ0n) is 13.5. The Morgan fingerprint density at radius 3 is 2.62 bits per heavy atom. The summed E-state index contributed by atoms with van der Waals surface area (Å²) in [5, 5.41) is 13.0. The second-order valence-corrected chi connectivity index (χ2v) is 5.91. The van der Waals surface area contributed by atoms with Crippen molar-refractivity contribution in [2.24, 2.45) is 4.99 Å². The van der Waals surface area contributed by atoms with E-state index in [9.17, 15) is 14.3 Å². The summed E-state index contributed by atoms with van der Waals surface area (Å²) in [5.41, 5.74) is 1.97. The number of hydrogen-bond donors (Lipinski definition) is 2. The summed E-state index contributed by atoms with van der Waals surface area (Å²) in [5.74, 6) is -0.681. The molecule has 6 heteroatoms. The first-order valence-electron chi connectivity index (χ1n) is 7.71. The van der Waals surface area contributed by atoms with Crippen molar-refractivity contribution in [2.45, 2.75) is 0 Å². The highest BCUT2D eigenvalue weighted by molar-refractivity contribution is 6.30. The number of halogens is 2. The number of aromatic hydroxyl groups is 1. The monoisotopic (exact) mass is 368 g/mol. The van der Waals surface area contributed by atoms with Crippen LogP contribution in [0, 0.1) is 5.82 Å². The van der Waals surface area contributed by atoms with Crippen LogP contribution in [0.1, 0.15) is 15.9 Å². The van der Waals surface area contributed by atoms with E-state index in [0.29, 0.717) is 27.5 Å². The fourth-order valence-electron chi connectivity index (χ4n) is 2.24. The Balaban J connectivity index is 1.75. The lowest BCUT2D eigenvalue weighted by atomic mass is 10.2. The zero-order valence-corrected chi connectivity index (χ0v) is 14.2. The summed E-state index contributed by atoms with van der Waals surface area (Å²) in [6.45, 7) is 0. The van der Waals surface area contributed by atoms with Crippen molar-refractivity contribution in [3.63, 3.8) is 0 Å². The van der Waals surface area contributed by atoms with E-state index in [1.807, 2.05) is 0 Å². The van der Waals surface area contributed by atoms with Crippen LogP contribution >= 0.6 is 11.6 Å². The van der Waals surface area contributed by atoms with E-state index in [4.69, 9.17) is 11.6 Å². The van der Waals surface area contributed by atoms with Gasteiger partial charge < -0.3 is 10.4 Å². The summed E-state index contributed by atoms with van der Waals surface area (Å²) in [7, 11) is 0. The largest absolute Gasteiger partial charge is 0.507 e. The topological polar surface area (TPSA) is 61.7 Å².